The monoisotopic (exact) mass is 412 g/mol. The van der Waals surface area contributed by atoms with Crippen LogP contribution in [0.15, 0.2) is 77.2 Å². The summed E-state index contributed by atoms with van der Waals surface area (Å²) >= 11 is 1.53. The number of carbonyl (C=O) groups is 1. The molecule has 1 amide bonds. The van der Waals surface area contributed by atoms with Crippen molar-refractivity contribution in [3.05, 3.63) is 95.2 Å². The number of fused-ring (bicyclic) bond motifs is 2. The lowest BCUT2D eigenvalue weighted by atomic mass is 10.1. The van der Waals surface area contributed by atoms with Crippen molar-refractivity contribution in [3.8, 4) is 0 Å². The predicted octanol–water partition coefficient (Wildman–Crippen LogP) is 6.51. The van der Waals surface area contributed by atoms with Gasteiger partial charge in [0.05, 0.1) is 16.8 Å². The van der Waals surface area contributed by atoms with Gasteiger partial charge in [-0.1, -0.05) is 65.9 Å². The van der Waals surface area contributed by atoms with Crippen molar-refractivity contribution in [2.75, 3.05) is 4.90 Å². The molecule has 5 heteroatoms. The van der Waals surface area contributed by atoms with Crippen molar-refractivity contribution in [3.63, 3.8) is 0 Å². The predicted molar refractivity (Wildman–Crippen MR) is 122 cm³/mol. The zero-order chi connectivity index (χ0) is 20.7. The molecule has 0 radical (unpaired) electrons. The van der Waals surface area contributed by atoms with Crippen molar-refractivity contribution >= 4 is 43.6 Å². The maximum Gasteiger partial charge on any atom is 0.296 e. The van der Waals surface area contributed by atoms with Crippen molar-refractivity contribution in [1.82, 2.24) is 4.98 Å². The Hall–Kier alpha value is -3.44. The Morgan fingerprint density at radius 1 is 1.00 bits per heavy atom. The molecule has 0 aliphatic carbocycles. The molecule has 0 saturated carbocycles. The van der Waals surface area contributed by atoms with Crippen molar-refractivity contribution in [2.24, 2.45) is 0 Å². The first-order chi connectivity index (χ1) is 14.6. The normalized spacial score (nSPS) is 11.3. The van der Waals surface area contributed by atoms with E-state index in [1.54, 1.807) is 11.0 Å². The van der Waals surface area contributed by atoms with Crippen LogP contribution in [-0.4, -0.2) is 10.9 Å². The number of hydrogen-bond donors (Lipinski definition) is 0. The second-order valence-corrected chi connectivity index (χ2v) is 8.39. The van der Waals surface area contributed by atoms with E-state index in [0.717, 1.165) is 26.7 Å². The summed E-state index contributed by atoms with van der Waals surface area (Å²) in [5.41, 5.74) is 5.03. The fraction of sp³-hybridized carbons (Fsp3) is 0.120. The van der Waals surface area contributed by atoms with Gasteiger partial charge in [0.2, 0.25) is 0 Å². The molecule has 2 aromatic heterocycles. The van der Waals surface area contributed by atoms with E-state index in [2.05, 4.69) is 26.0 Å². The number of rotatable bonds is 4. The highest BCUT2D eigenvalue weighted by Gasteiger charge is 2.25. The van der Waals surface area contributed by atoms with E-state index in [-0.39, 0.29) is 5.91 Å². The van der Waals surface area contributed by atoms with Crippen LogP contribution in [0.5, 0.6) is 0 Å². The van der Waals surface area contributed by atoms with Gasteiger partial charge in [0, 0.05) is 5.39 Å². The summed E-state index contributed by atoms with van der Waals surface area (Å²) in [6, 6.07) is 23.6. The Morgan fingerprint density at radius 2 is 1.77 bits per heavy atom. The molecule has 0 aliphatic rings. The number of aromatic nitrogens is 1. The number of nitrogens with zero attached hydrogens (tertiary/aromatic N) is 2. The molecule has 0 N–H and O–H groups in total. The van der Waals surface area contributed by atoms with Gasteiger partial charge in [-0.15, -0.1) is 0 Å². The molecule has 0 unspecified atom stereocenters. The molecular weight excluding hydrogens is 392 g/mol. The molecular formula is C25H20N2O2S. The Labute approximate surface area is 178 Å². The molecule has 3 aromatic carbocycles. The maximum absolute atomic E-state index is 13.5. The molecule has 148 valence electrons. The lowest BCUT2D eigenvalue weighted by molar-refractivity contribution is 0.0960. The van der Waals surface area contributed by atoms with E-state index in [9.17, 15) is 4.79 Å². The van der Waals surface area contributed by atoms with Crippen LogP contribution in [0.1, 0.15) is 27.2 Å². The van der Waals surface area contributed by atoms with E-state index in [4.69, 9.17) is 9.40 Å². The Bertz CT molecular complexity index is 1340. The van der Waals surface area contributed by atoms with Gasteiger partial charge in [0.15, 0.2) is 10.9 Å². The molecule has 30 heavy (non-hydrogen) atoms. The van der Waals surface area contributed by atoms with Gasteiger partial charge >= 0.3 is 0 Å². The van der Waals surface area contributed by atoms with Crippen LogP contribution in [0.4, 0.5) is 5.13 Å². The molecule has 0 saturated heterocycles. The van der Waals surface area contributed by atoms with Crippen molar-refractivity contribution in [1.29, 1.82) is 0 Å². The van der Waals surface area contributed by atoms with E-state index in [1.807, 2.05) is 54.6 Å². The molecule has 0 fully saturated rings. The zero-order valence-electron chi connectivity index (χ0n) is 16.8. The number of anilines is 1. The second kappa shape index (κ2) is 7.43. The van der Waals surface area contributed by atoms with Crippen LogP contribution in [0.25, 0.3) is 21.2 Å². The van der Waals surface area contributed by atoms with Crippen LogP contribution >= 0.6 is 11.3 Å². The number of thiazole rings is 1. The quantitative estimate of drug-likeness (QED) is 0.338. The molecule has 0 bridgehead atoms. The highest BCUT2D eigenvalue weighted by molar-refractivity contribution is 7.22. The minimum atomic E-state index is -0.191. The third kappa shape index (κ3) is 3.27. The molecule has 2 heterocycles. The molecule has 0 spiro atoms. The smallest absolute Gasteiger partial charge is 0.296 e. The van der Waals surface area contributed by atoms with Gasteiger partial charge in [-0.2, -0.15) is 0 Å². The minimum Gasteiger partial charge on any atom is -0.451 e. The fourth-order valence-corrected chi connectivity index (χ4v) is 4.57. The summed E-state index contributed by atoms with van der Waals surface area (Å²) in [6.45, 7) is 4.58. The first kappa shape index (κ1) is 18.6. The fourth-order valence-electron chi connectivity index (χ4n) is 3.54. The molecule has 0 atom stereocenters. The minimum absolute atomic E-state index is 0.191. The molecule has 5 rings (SSSR count). The van der Waals surface area contributed by atoms with Gasteiger partial charge < -0.3 is 4.42 Å². The lowest BCUT2D eigenvalue weighted by Crippen LogP contribution is -2.30. The molecule has 5 aromatic rings. The maximum atomic E-state index is 13.5. The Kier molecular flexibility index (Phi) is 4.60. The van der Waals surface area contributed by atoms with Gasteiger partial charge in [0.1, 0.15) is 5.58 Å². The van der Waals surface area contributed by atoms with Crippen LogP contribution < -0.4 is 4.90 Å². The van der Waals surface area contributed by atoms with E-state index in [0.29, 0.717) is 23.0 Å². The SMILES string of the molecule is Cc1ccc2sc(N(Cc3ccccc3)C(=O)c3cc4ccccc4o3)nc2c1C. The van der Waals surface area contributed by atoms with Crippen LogP contribution in [0, 0.1) is 13.8 Å². The van der Waals surface area contributed by atoms with E-state index >= 15 is 0 Å². The largest absolute Gasteiger partial charge is 0.451 e. The molecule has 4 nitrogen and oxygen atoms in total. The number of aryl methyl sites for hydroxylation is 2. The highest BCUT2D eigenvalue weighted by Crippen LogP contribution is 2.34. The average molecular weight is 413 g/mol. The number of hydrogen-bond acceptors (Lipinski definition) is 4. The average Bonchev–Trinajstić information content (AvgIpc) is 3.39. The van der Waals surface area contributed by atoms with Crippen LogP contribution in [0.2, 0.25) is 0 Å². The van der Waals surface area contributed by atoms with E-state index in [1.165, 1.54) is 16.9 Å². The number of amides is 1. The van der Waals surface area contributed by atoms with E-state index < -0.39 is 0 Å². The third-order valence-electron chi connectivity index (χ3n) is 5.37. The number of furan rings is 1. The van der Waals surface area contributed by atoms with Gasteiger partial charge in [-0.25, -0.2) is 4.98 Å². The zero-order valence-corrected chi connectivity index (χ0v) is 17.6. The van der Waals surface area contributed by atoms with Gasteiger partial charge in [-0.3, -0.25) is 9.69 Å². The summed E-state index contributed by atoms with van der Waals surface area (Å²) in [6.07, 6.45) is 0. The summed E-state index contributed by atoms with van der Waals surface area (Å²) in [4.78, 5) is 20.1. The van der Waals surface area contributed by atoms with Crippen molar-refractivity contribution < 1.29 is 9.21 Å². The summed E-state index contributed by atoms with van der Waals surface area (Å²) < 4.78 is 6.95. The Morgan fingerprint density at radius 3 is 2.57 bits per heavy atom. The standard InChI is InChI=1S/C25H20N2O2S/c1-16-12-13-22-23(17(16)2)26-25(30-22)27(15-18-8-4-3-5-9-18)24(28)21-14-19-10-6-7-11-20(19)29-21/h3-14H,15H2,1-2H3. The summed E-state index contributed by atoms with van der Waals surface area (Å²) in [5.74, 6) is 0.128. The summed E-state index contributed by atoms with van der Waals surface area (Å²) in [5, 5.41) is 1.59. The second-order valence-electron chi connectivity index (χ2n) is 7.38. The number of para-hydroxylation sites is 1. The first-order valence-corrected chi connectivity index (χ1v) is 10.6. The summed E-state index contributed by atoms with van der Waals surface area (Å²) in [7, 11) is 0. The van der Waals surface area contributed by atoms with Crippen LogP contribution in [0.3, 0.4) is 0 Å². The third-order valence-corrected chi connectivity index (χ3v) is 6.41. The number of carbonyl (C=O) groups excluding carboxylic acids is 1. The first-order valence-electron chi connectivity index (χ1n) is 9.81. The Balaban J connectivity index is 1.61. The van der Waals surface area contributed by atoms with Crippen molar-refractivity contribution in [2.45, 2.75) is 20.4 Å². The topological polar surface area (TPSA) is 46.3 Å². The van der Waals surface area contributed by atoms with Crippen LogP contribution in [-0.2, 0) is 6.54 Å². The van der Waals surface area contributed by atoms with Gasteiger partial charge in [-0.05, 0) is 48.7 Å². The molecule has 0 aliphatic heterocycles. The highest BCUT2D eigenvalue weighted by atomic mass is 32.1. The number of benzene rings is 3. The lowest BCUT2D eigenvalue weighted by Gasteiger charge is -2.18. The van der Waals surface area contributed by atoms with Gasteiger partial charge in [0.25, 0.3) is 5.91 Å².